The van der Waals surface area contributed by atoms with Crippen molar-refractivity contribution < 1.29 is 19.5 Å². The van der Waals surface area contributed by atoms with Crippen molar-refractivity contribution in [2.45, 2.75) is 31.7 Å². The van der Waals surface area contributed by atoms with E-state index in [-0.39, 0.29) is 17.9 Å². The first-order chi connectivity index (χ1) is 7.54. The van der Waals surface area contributed by atoms with Crippen molar-refractivity contribution >= 4 is 12.0 Å². The number of carboxylic acid groups (broad SMARTS) is 1. The van der Waals surface area contributed by atoms with E-state index < -0.39 is 6.09 Å². The van der Waals surface area contributed by atoms with Gasteiger partial charge in [-0.05, 0) is 19.3 Å². The zero-order valence-corrected chi connectivity index (χ0v) is 9.60. The highest BCUT2D eigenvalue weighted by atomic mass is 16.7. The number of hydroxylamine groups is 2. The lowest BCUT2D eigenvalue weighted by Gasteiger charge is -2.30. The molecule has 0 saturated heterocycles. The van der Waals surface area contributed by atoms with Crippen LogP contribution in [0.2, 0.25) is 0 Å². The molecule has 1 saturated carbocycles. The summed E-state index contributed by atoms with van der Waals surface area (Å²) in [6.07, 6.45) is 1.98. The fourth-order valence-electron chi connectivity index (χ4n) is 2.07. The van der Waals surface area contributed by atoms with Crippen LogP contribution in [0.1, 0.15) is 25.7 Å². The summed E-state index contributed by atoms with van der Waals surface area (Å²) >= 11 is 0. The minimum Gasteiger partial charge on any atom is -0.465 e. The molecule has 16 heavy (non-hydrogen) atoms. The maximum absolute atomic E-state index is 11.8. The first-order valence-corrected chi connectivity index (χ1v) is 5.35. The van der Waals surface area contributed by atoms with Crippen molar-refractivity contribution in [3.05, 3.63) is 0 Å². The topological polar surface area (TPSA) is 78.9 Å². The Kier molecular flexibility index (Phi) is 4.54. The summed E-state index contributed by atoms with van der Waals surface area (Å²) in [5.41, 5.74) is 0. The molecule has 2 amide bonds. The van der Waals surface area contributed by atoms with Crippen LogP contribution in [-0.4, -0.2) is 42.4 Å². The Morgan fingerprint density at radius 2 is 2.12 bits per heavy atom. The molecule has 0 heterocycles. The van der Waals surface area contributed by atoms with E-state index in [2.05, 4.69) is 5.32 Å². The summed E-state index contributed by atoms with van der Waals surface area (Å²) < 4.78 is 0. The maximum Gasteiger partial charge on any atom is 0.404 e. The lowest BCUT2D eigenvalue weighted by Crippen LogP contribution is -2.42. The molecule has 0 spiro atoms. The van der Waals surface area contributed by atoms with Gasteiger partial charge in [-0.1, -0.05) is 6.42 Å². The van der Waals surface area contributed by atoms with Crippen LogP contribution in [0.3, 0.4) is 0 Å². The van der Waals surface area contributed by atoms with E-state index in [9.17, 15) is 9.59 Å². The Balaban J connectivity index is 2.49. The predicted molar refractivity (Wildman–Crippen MR) is 56.7 cm³/mol. The van der Waals surface area contributed by atoms with E-state index >= 15 is 0 Å². The number of amides is 2. The lowest BCUT2D eigenvalue weighted by atomic mass is 9.85. The molecular weight excluding hydrogens is 212 g/mol. The van der Waals surface area contributed by atoms with Crippen LogP contribution in [0.15, 0.2) is 0 Å². The molecule has 6 heteroatoms. The van der Waals surface area contributed by atoms with Crippen molar-refractivity contribution in [2.75, 3.05) is 14.2 Å². The number of hydrogen-bond donors (Lipinski definition) is 2. The molecule has 1 aliphatic carbocycles. The highest BCUT2D eigenvalue weighted by molar-refractivity contribution is 5.77. The lowest BCUT2D eigenvalue weighted by molar-refractivity contribution is -0.174. The van der Waals surface area contributed by atoms with Gasteiger partial charge < -0.3 is 10.4 Å². The van der Waals surface area contributed by atoms with Gasteiger partial charge in [0.15, 0.2) is 0 Å². The summed E-state index contributed by atoms with van der Waals surface area (Å²) in [6, 6.07) is -0.120. The van der Waals surface area contributed by atoms with Crippen molar-refractivity contribution in [3.8, 4) is 0 Å². The maximum atomic E-state index is 11.8. The van der Waals surface area contributed by atoms with Gasteiger partial charge in [0.1, 0.15) is 0 Å². The Morgan fingerprint density at radius 3 is 2.69 bits per heavy atom. The first kappa shape index (κ1) is 12.8. The average molecular weight is 230 g/mol. The van der Waals surface area contributed by atoms with Gasteiger partial charge in [-0.2, -0.15) is 0 Å². The van der Waals surface area contributed by atoms with Gasteiger partial charge in [0.2, 0.25) is 5.91 Å². The molecule has 2 atom stereocenters. The van der Waals surface area contributed by atoms with Crippen LogP contribution in [0.25, 0.3) is 0 Å². The molecule has 0 aromatic heterocycles. The third kappa shape index (κ3) is 3.37. The van der Waals surface area contributed by atoms with E-state index in [1.165, 1.54) is 12.2 Å². The van der Waals surface area contributed by atoms with E-state index in [1.807, 2.05) is 0 Å². The van der Waals surface area contributed by atoms with Crippen molar-refractivity contribution in [1.29, 1.82) is 0 Å². The molecule has 0 aromatic rings. The van der Waals surface area contributed by atoms with Crippen LogP contribution in [0.5, 0.6) is 0 Å². The van der Waals surface area contributed by atoms with Crippen molar-refractivity contribution in [1.82, 2.24) is 10.4 Å². The van der Waals surface area contributed by atoms with Gasteiger partial charge in [0, 0.05) is 19.0 Å². The highest BCUT2D eigenvalue weighted by Gasteiger charge is 2.29. The Hall–Kier alpha value is -1.30. The predicted octanol–water partition coefficient (Wildman–Crippen LogP) is 0.833. The second-order valence-corrected chi connectivity index (χ2v) is 4.03. The van der Waals surface area contributed by atoms with E-state index in [0.29, 0.717) is 6.42 Å². The smallest absolute Gasteiger partial charge is 0.404 e. The first-order valence-electron chi connectivity index (χ1n) is 5.35. The quantitative estimate of drug-likeness (QED) is 0.704. The number of nitrogens with zero attached hydrogens (tertiary/aromatic N) is 1. The van der Waals surface area contributed by atoms with E-state index in [4.69, 9.17) is 9.94 Å². The number of carbonyl (C=O) groups excluding carboxylic acids is 1. The monoisotopic (exact) mass is 230 g/mol. The standard InChI is InChI=1S/C10H18N2O4/c1-12(16-2)9(13)7-4-3-5-8(6-7)11-10(14)15/h7-8,11H,3-6H2,1-2H3,(H,14,15)/t7-,8+/m1/s1. The van der Waals surface area contributed by atoms with E-state index in [1.54, 1.807) is 7.05 Å². The molecule has 6 nitrogen and oxygen atoms in total. The Bertz CT molecular complexity index is 270. The van der Waals surface area contributed by atoms with Crippen LogP contribution in [-0.2, 0) is 9.63 Å². The van der Waals surface area contributed by atoms with Crippen LogP contribution < -0.4 is 5.32 Å². The van der Waals surface area contributed by atoms with Gasteiger partial charge in [-0.15, -0.1) is 0 Å². The summed E-state index contributed by atoms with van der Waals surface area (Å²) in [4.78, 5) is 27.1. The molecule has 1 rings (SSSR count). The fraction of sp³-hybridized carbons (Fsp3) is 0.800. The SMILES string of the molecule is CON(C)C(=O)[C@@H]1CCC[C@H](NC(=O)O)C1. The molecule has 2 N–H and O–H groups in total. The third-order valence-electron chi connectivity index (χ3n) is 2.94. The van der Waals surface area contributed by atoms with Crippen LogP contribution in [0, 0.1) is 5.92 Å². The normalized spacial score (nSPS) is 24.9. The molecule has 1 fully saturated rings. The number of carbonyl (C=O) groups is 2. The summed E-state index contributed by atoms with van der Waals surface area (Å²) in [5.74, 6) is -0.227. The minimum absolute atomic E-state index is 0.0839. The van der Waals surface area contributed by atoms with Crippen LogP contribution in [0.4, 0.5) is 4.79 Å². The third-order valence-corrected chi connectivity index (χ3v) is 2.94. The number of rotatable bonds is 3. The van der Waals surface area contributed by atoms with Gasteiger partial charge in [0.05, 0.1) is 7.11 Å². The number of nitrogens with one attached hydrogen (secondary N) is 1. The molecule has 0 unspecified atom stereocenters. The molecule has 0 radical (unpaired) electrons. The second kappa shape index (κ2) is 5.69. The molecule has 0 bridgehead atoms. The zero-order valence-electron chi connectivity index (χ0n) is 9.60. The summed E-state index contributed by atoms with van der Waals surface area (Å²) in [5, 5.41) is 12.2. The molecule has 0 aromatic carbocycles. The average Bonchev–Trinajstić information content (AvgIpc) is 2.26. The van der Waals surface area contributed by atoms with Crippen molar-refractivity contribution in [2.24, 2.45) is 5.92 Å². The highest BCUT2D eigenvalue weighted by Crippen LogP contribution is 2.25. The summed E-state index contributed by atoms with van der Waals surface area (Å²) in [6.45, 7) is 0. The summed E-state index contributed by atoms with van der Waals surface area (Å²) in [7, 11) is 3.00. The molecule has 1 aliphatic rings. The molecule has 92 valence electrons. The second-order valence-electron chi connectivity index (χ2n) is 4.03. The van der Waals surface area contributed by atoms with Crippen LogP contribution >= 0.6 is 0 Å². The largest absolute Gasteiger partial charge is 0.465 e. The molecule has 0 aliphatic heterocycles. The van der Waals surface area contributed by atoms with E-state index in [0.717, 1.165) is 19.3 Å². The zero-order chi connectivity index (χ0) is 12.1. The Morgan fingerprint density at radius 1 is 1.44 bits per heavy atom. The van der Waals surface area contributed by atoms with Gasteiger partial charge in [-0.3, -0.25) is 9.63 Å². The molecular formula is C10H18N2O4. The van der Waals surface area contributed by atoms with Gasteiger partial charge in [-0.25, -0.2) is 9.86 Å². The van der Waals surface area contributed by atoms with Gasteiger partial charge in [0.25, 0.3) is 0 Å². The Labute approximate surface area is 94.5 Å². The van der Waals surface area contributed by atoms with Crippen molar-refractivity contribution in [3.63, 3.8) is 0 Å². The van der Waals surface area contributed by atoms with Gasteiger partial charge >= 0.3 is 6.09 Å². The number of hydrogen-bond acceptors (Lipinski definition) is 3. The minimum atomic E-state index is -1.03. The fourth-order valence-corrected chi connectivity index (χ4v) is 2.07.